The Kier molecular flexibility index (Phi) is 5.76. The van der Waals surface area contributed by atoms with Gasteiger partial charge in [-0.2, -0.15) is 4.98 Å². The van der Waals surface area contributed by atoms with Crippen molar-refractivity contribution in [3.63, 3.8) is 0 Å². The van der Waals surface area contributed by atoms with Crippen molar-refractivity contribution in [3.8, 4) is 22.6 Å². The Morgan fingerprint density at radius 3 is 2.33 bits per heavy atom. The van der Waals surface area contributed by atoms with E-state index >= 15 is 0 Å². The van der Waals surface area contributed by atoms with Crippen LogP contribution in [0.15, 0.2) is 63.3 Å². The summed E-state index contributed by atoms with van der Waals surface area (Å²) in [5, 5.41) is 7.04. The molecule has 0 fully saturated rings. The van der Waals surface area contributed by atoms with Crippen LogP contribution in [0, 0.1) is 13.8 Å². The monoisotopic (exact) mass is 440 g/mol. The van der Waals surface area contributed by atoms with E-state index in [1.807, 2.05) is 43.5 Å². The Bertz CT molecular complexity index is 1240. The van der Waals surface area contributed by atoms with Crippen molar-refractivity contribution in [1.29, 1.82) is 0 Å². The maximum Gasteiger partial charge on any atom is 0.240 e. The van der Waals surface area contributed by atoms with Crippen LogP contribution in [0.1, 0.15) is 16.5 Å². The number of benzene rings is 2. The number of nitrogens with one attached hydrogen (secondary N) is 1. The van der Waals surface area contributed by atoms with E-state index in [0.29, 0.717) is 18.1 Å². The Morgan fingerprint density at radius 2 is 1.67 bits per heavy atom. The fraction of sp³-hybridized carbons (Fsp3) is 0.190. The molecule has 1 N–H and O–H groups in total. The van der Waals surface area contributed by atoms with Crippen LogP contribution in [0.2, 0.25) is 0 Å². The van der Waals surface area contributed by atoms with Crippen LogP contribution in [0.4, 0.5) is 0 Å². The van der Waals surface area contributed by atoms with Crippen molar-refractivity contribution in [2.45, 2.75) is 25.2 Å². The first-order valence-corrected chi connectivity index (χ1v) is 11.7. The minimum Gasteiger partial charge on any atom is -0.339 e. The average Bonchev–Trinajstić information content (AvgIpc) is 3.38. The third-order valence-corrected chi connectivity index (χ3v) is 6.74. The maximum absolute atomic E-state index is 12.3. The lowest BCUT2D eigenvalue weighted by Crippen LogP contribution is -2.26. The molecule has 4 aromatic rings. The third kappa shape index (κ3) is 4.64. The zero-order chi connectivity index (χ0) is 21.1. The highest BCUT2D eigenvalue weighted by molar-refractivity contribution is 7.89. The standard InChI is InChI=1S/C21H20N4O3S2/c1-14-3-9-18(10-4-14)30(26,27)22-12-11-20-24-21(25-28-20)17-7-5-16(6-8-17)19-13-29-15(2)23-19/h3-10,13,22H,11-12H2,1-2H3. The molecule has 4 rings (SSSR count). The fourth-order valence-corrected chi connectivity index (χ4v) is 4.51. The number of thiazole rings is 1. The molecule has 0 radical (unpaired) electrons. The van der Waals surface area contributed by atoms with Gasteiger partial charge in [0.2, 0.25) is 21.7 Å². The minimum atomic E-state index is -3.57. The molecule has 2 heterocycles. The molecule has 0 saturated heterocycles. The number of rotatable bonds is 7. The molecule has 0 aliphatic heterocycles. The van der Waals surface area contributed by atoms with Gasteiger partial charge < -0.3 is 4.52 Å². The van der Waals surface area contributed by atoms with Crippen molar-refractivity contribution in [1.82, 2.24) is 19.8 Å². The highest BCUT2D eigenvalue weighted by atomic mass is 32.2. The van der Waals surface area contributed by atoms with E-state index in [0.717, 1.165) is 27.4 Å². The summed E-state index contributed by atoms with van der Waals surface area (Å²) in [6, 6.07) is 14.5. The summed E-state index contributed by atoms with van der Waals surface area (Å²) in [6.45, 7) is 4.05. The lowest BCUT2D eigenvalue weighted by atomic mass is 10.1. The number of hydrogen-bond acceptors (Lipinski definition) is 7. The Hall–Kier alpha value is -2.88. The summed E-state index contributed by atoms with van der Waals surface area (Å²) >= 11 is 1.61. The molecule has 0 aliphatic rings. The van der Waals surface area contributed by atoms with Gasteiger partial charge in [0.05, 0.1) is 15.6 Å². The van der Waals surface area contributed by atoms with E-state index < -0.39 is 10.0 Å². The first-order chi connectivity index (χ1) is 14.4. The summed E-state index contributed by atoms with van der Waals surface area (Å²) in [6.07, 6.45) is 0.300. The molecule has 0 amide bonds. The van der Waals surface area contributed by atoms with Gasteiger partial charge in [0, 0.05) is 29.5 Å². The molecule has 2 aromatic carbocycles. The van der Waals surface area contributed by atoms with E-state index in [-0.39, 0.29) is 11.4 Å². The molecule has 0 bridgehead atoms. The quantitative estimate of drug-likeness (QED) is 0.466. The molecule has 0 saturated carbocycles. The molecule has 0 spiro atoms. The maximum atomic E-state index is 12.3. The lowest BCUT2D eigenvalue weighted by molar-refractivity contribution is 0.379. The van der Waals surface area contributed by atoms with Crippen LogP contribution >= 0.6 is 11.3 Å². The SMILES string of the molecule is Cc1ccc(S(=O)(=O)NCCc2nc(-c3ccc(-c4csc(C)n4)cc3)no2)cc1. The molecule has 0 unspecified atom stereocenters. The van der Waals surface area contributed by atoms with E-state index in [4.69, 9.17) is 4.52 Å². The molecular formula is C21H20N4O3S2. The van der Waals surface area contributed by atoms with E-state index in [1.165, 1.54) is 0 Å². The second-order valence-corrected chi connectivity index (χ2v) is 9.63. The third-order valence-electron chi connectivity index (χ3n) is 4.49. The Labute approximate surface area is 178 Å². The summed E-state index contributed by atoms with van der Waals surface area (Å²) < 4.78 is 32.5. The van der Waals surface area contributed by atoms with E-state index in [9.17, 15) is 8.42 Å². The van der Waals surface area contributed by atoms with Crippen molar-refractivity contribution < 1.29 is 12.9 Å². The van der Waals surface area contributed by atoms with E-state index in [2.05, 4.69) is 19.8 Å². The Morgan fingerprint density at radius 1 is 0.967 bits per heavy atom. The Balaban J connectivity index is 1.38. The molecule has 154 valence electrons. The van der Waals surface area contributed by atoms with Crippen LogP contribution in [-0.4, -0.2) is 30.1 Å². The number of aromatic nitrogens is 3. The summed E-state index contributed by atoms with van der Waals surface area (Å²) in [5.41, 5.74) is 3.79. The summed E-state index contributed by atoms with van der Waals surface area (Å²) in [4.78, 5) is 9.08. The van der Waals surface area contributed by atoms with Gasteiger partial charge in [-0.05, 0) is 26.0 Å². The van der Waals surface area contributed by atoms with Gasteiger partial charge >= 0.3 is 0 Å². The van der Waals surface area contributed by atoms with Crippen molar-refractivity contribution >= 4 is 21.4 Å². The predicted octanol–water partition coefficient (Wildman–Crippen LogP) is 4.00. The van der Waals surface area contributed by atoms with Gasteiger partial charge in [0.1, 0.15) is 0 Å². The van der Waals surface area contributed by atoms with Crippen LogP contribution in [0.5, 0.6) is 0 Å². The highest BCUT2D eigenvalue weighted by Gasteiger charge is 2.15. The topological polar surface area (TPSA) is 98.0 Å². The largest absolute Gasteiger partial charge is 0.339 e. The number of aryl methyl sites for hydroxylation is 2. The summed E-state index contributed by atoms with van der Waals surface area (Å²) in [7, 11) is -3.57. The molecule has 30 heavy (non-hydrogen) atoms. The molecule has 0 aliphatic carbocycles. The molecular weight excluding hydrogens is 420 g/mol. The van der Waals surface area contributed by atoms with Crippen LogP contribution in [-0.2, 0) is 16.4 Å². The van der Waals surface area contributed by atoms with Crippen molar-refractivity contribution in [2.24, 2.45) is 0 Å². The second kappa shape index (κ2) is 8.47. The van der Waals surface area contributed by atoms with Gasteiger partial charge in [-0.3, -0.25) is 0 Å². The van der Waals surface area contributed by atoms with Gasteiger partial charge in [-0.1, -0.05) is 47.1 Å². The minimum absolute atomic E-state index is 0.167. The van der Waals surface area contributed by atoms with Gasteiger partial charge in [-0.15, -0.1) is 11.3 Å². The van der Waals surface area contributed by atoms with Crippen LogP contribution < -0.4 is 4.72 Å². The zero-order valence-corrected chi connectivity index (χ0v) is 18.1. The number of nitrogens with zero attached hydrogens (tertiary/aromatic N) is 3. The first-order valence-electron chi connectivity index (χ1n) is 9.32. The lowest BCUT2D eigenvalue weighted by Gasteiger charge is -2.05. The fourth-order valence-electron chi connectivity index (χ4n) is 2.85. The normalized spacial score (nSPS) is 11.7. The molecule has 7 nitrogen and oxygen atoms in total. The van der Waals surface area contributed by atoms with Crippen molar-refractivity contribution in [2.75, 3.05) is 6.54 Å². The first kappa shape index (κ1) is 20.4. The number of hydrogen-bond donors (Lipinski definition) is 1. The second-order valence-electron chi connectivity index (χ2n) is 6.80. The smallest absolute Gasteiger partial charge is 0.240 e. The zero-order valence-electron chi connectivity index (χ0n) is 16.5. The van der Waals surface area contributed by atoms with E-state index in [1.54, 1.807) is 35.6 Å². The van der Waals surface area contributed by atoms with Gasteiger partial charge in [0.15, 0.2) is 0 Å². The van der Waals surface area contributed by atoms with Crippen LogP contribution in [0.25, 0.3) is 22.6 Å². The average molecular weight is 441 g/mol. The highest BCUT2D eigenvalue weighted by Crippen LogP contribution is 2.24. The molecule has 9 heteroatoms. The summed E-state index contributed by atoms with van der Waals surface area (Å²) in [5.74, 6) is 0.836. The number of sulfonamides is 1. The van der Waals surface area contributed by atoms with Gasteiger partial charge in [-0.25, -0.2) is 18.1 Å². The molecule has 2 aromatic heterocycles. The van der Waals surface area contributed by atoms with Crippen LogP contribution in [0.3, 0.4) is 0 Å². The predicted molar refractivity (Wildman–Crippen MR) is 116 cm³/mol. The van der Waals surface area contributed by atoms with Gasteiger partial charge in [0.25, 0.3) is 0 Å². The molecule has 0 atom stereocenters. The van der Waals surface area contributed by atoms with Crippen molar-refractivity contribution in [3.05, 3.63) is 70.4 Å².